The van der Waals surface area contributed by atoms with Crippen LogP contribution in [0.25, 0.3) is 0 Å². The predicted molar refractivity (Wildman–Crippen MR) is 102 cm³/mol. The lowest BCUT2D eigenvalue weighted by atomic mass is 10.2. The van der Waals surface area contributed by atoms with Crippen molar-refractivity contribution in [3.63, 3.8) is 0 Å². The Hall–Kier alpha value is -2.87. The molecule has 0 saturated carbocycles. The minimum Gasteiger partial charge on any atom is -0.504 e. The van der Waals surface area contributed by atoms with Crippen LogP contribution in [0.5, 0.6) is 11.5 Å². The number of carbonyl (C=O) groups is 2. The number of benzene rings is 2. The van der Waals surface area contributed by atoms with Gasteiger partial charge in [-0.1, -0.05) is 12.1 Å². The Bertz CT molecular complexity index is 824. The molecule has 0 aliphatic heterocycles. The molecule has 0 aliphatic carbocycles. The van der Waals surface area contributed by atoms with Gasteiger partial charge in [0.1, 0.15) is 6.42 Å². The molecule has 0 radical (unpaired) electrons. The molecule has 0 unspecified atom stereocenters. The molecule has 7 nitrogen and oxygen atoms in total. The fourth-order valence-electron chi connectivity index (χ4n) is 2.00. The van der Waals surface area contributed by atoms with E-state index in [0.717, 1.165) is 4.47 Å². The quantitative estimate of drug-likeness (QED) is 0.364. The average molecular weight is 420 g/mol. The number of phenolic OH excluding ortho intramolecular Hbond substituents is 1. The number of para-hydroxylation sites is 1. The number of nitrogens with zero attached hydrogens (tertiary/aromatic N) is 1. The van der Waals surface area contributed by atoms with Crippen LogP contribution in [0, 0.1) is 0 Å². The molecular weight excluding hydrogens is 402 g/mol. The van der Waals surface area contributed by atoms with Crippen LogP contribution in [0.4, 0.5) is 5.69 Å². The summed E-state index contributed by atoms with van der Waals surface area (Å²) < 4.78 is 5.99. The van der Waals surface area contributed by atoms with Crippen molar-refractivity contribution in [2.24, 2.45) is 5.10 Å². The zero-order chi connectivity index (χ0) is 18.9. The van der Waals surface area contributed by atoms with Gasteiger partial charge in [-0.05, 0) is 58.7 Å². The van der Waals surface area contributed by atoms with Crippen LogP contribution >= 0.6 is 15.9 Å². The van der Waals surface area contributed by atoms with E-state index in [1.54, 1.807) is 37.3 Å². The number of ether oxygens (including phenoxy) is 1. The molecular formula is C18H18BrN3O4. The number of nitrogens with one attached hydrogen (secondary N) is 2. The molecule has 0 heterocycles. The van der Waals surface area contributed by atoms with E-state index in [-0.39, 0.29) is 12.2 Å². The summed E-state index contributed by atoms with van der Waals surface area (Å²) in [5.74, 6) is -0.644. The summed E-state index contributed by atoms with van der Waals surface area (Å²) in [7, 11) is 0. The van der Waals surface area contributed by atoms with Crippen molar-refractivity contribution in [2.75, 3.05) is 11.9 Å². The maximum atomic E-state index is 11.9. The van der Waals surface area contributed by atoms with Crippen molar-refractivity contribution in [3.8, 4) is 11.5 Å². The van der Waals surface area contributed by atoms with Crippen molar-refractivity contribution in [1.82, 2.24) is 5.43 Å². The topological polar surface area (TPSA) is 100 Å². The highest BCUT2D eigenvalue weighted by Gasteiger charge is 2.10. The van der Waals surface area contributed by atoms with Crippen molar-refractivity contribution in [3.05, 3.63) is 52.5 Å². The Morgan fingerprint density at radius 2 is 2.00 bits per heavy atom. The van der Waals surface area contributed by atoms with Gasteiger partial charge in [-0.15, -0.1) is 0 Å². The van der Waals surface area contributed by atoms with Crippen LogP contribution in [0.3, 0.4) is 0 Å². The molecule has 136 valence electrons. The third-order valence-electron chi connectivity index (χ3n) is 3.16. The highest BCUT2D eigenvalue weighted by atomic mass is 79.9. The second kappa shape index (κ2) is 9.57. The first kappa shape index (κ1) is 19.5. The number of hydrogen-bond acceptors (Lipinski definition) is 5. The maximum absolute atomic E-state index is 11.9. The Labute approximate surface area is 159 Å². The van der Waals surface area contributed by atoms with Crippen molar-refractivity contribution >= 4 is 39.6 Å². The SMILES string of the molecule is CCOc1cc(C=NNC(=O)CC(=O)Nc2ccccc2Br)ccc1O. The van der Waals surface area contributed by atoms with Gasteiger partial charge in [-0.2, -0.15) is 5.10 Å². The number of hydrogen-bond donors (Lipinski definition) is 3. The predicted octanol–water partition coefficient (Wildman–Crippen LogP) is 3.03. The zero-order valence-corrected chi connectivity index (χ0v) is 15.6. The number of amides is 2. The molecule has 0 aromatic heterocycles. The smallest absolute Gasteiger partial charge is 0.249 e. The van der Waals surface area contributed by atoms with Gasteiger partial charge in [0, 0.05) is 4.47 Å². The molecule has 2 rings (SSSR count). The summed E-state index contributed by atoms with van der Waals surface area (Å²) in [6.45, 7) is 2.22. The monoisotopic (exact) mass is 419 g/mol. The molecule has 2 aromatic carbocycles. The zero-order valence-electron chi connectivity index (χ0n) is 14.0. The van der Waals surface area contributed by atoms with Crippen LogP contribution < -0.4 is 15.5 Å². The number of rotatable bonds is 7. The lowest BCUT2D eigenvalue weighted by Crippen LogP contribution is -2.24. The second-order valence-corrected chi connectivity index (χ2v) is 6.01. The van der Waals surface area contributed by atoms with Gasteiger partial charge in [-0.25, -0.2) is 5.43 Å². The van der Waals surface area contributed by atoms with Crippen molar-refractivity contribution < 1.29 is 19.4 Å². The van der Waals surface area contributed by atoms with E-state index in [2.05, 4.69) is 31.8 Å². The van der Waals surface area contributed by atoms with E-state index in [0.29, 0.717) is 23.6 Å². The molecule has 0 fully saturated rings. The third-order valence-corrected chi connectivity index (χ3v) is 3.85. The molecule has 0 saturated heterocycles. The Kier molecular flexibility index (Phi) is 7.16. The Balaban J connectivity index is 1.86. The van der Waals surface area contributed by atoms with E-state index in [1.807, 2.05) is 6.07 Å². The first-order valence-corrected chi connectivity index (χ1v) is 8.61. The molecule has 3 N–H and O–H groups in total. The first-order chi connectivity index (χ1) is 12.5. The van der Waals surface area contributed by atoms with Gasteiger partial charge in [-0.3, -0.25) is 9.59 Å². The highest BCUT2D eigenvalue weighted by molar-refractivity contribution is 9.10. The number of anilines is 1. The van der Waals surface area contributed by atoms with Crippen molar-refractivity contribution in [1.29, 1.82) is 0 Å². The number of halogens is 1. The Morgan fingerprint density at radius 3 is 2.73 bits per heavy atom. The van der Waals surface area contributed by atoms with Crippen LogP contribution in [0.15, 0.2) is 52.0 Å². The summed E-state index contributed by atoms with van der Waals surface area (Å²) >= 11 is 3.31. The Morgan fingerprint density at radius 1 is 1.23 bits per heavy atom. The number of hydrazone groups is 1. The third kappa shape index (κ3) is 5.89. The van der Waals surface area contributed by atoms with E-state index in [1.165, 1.54) is 12.3 Å². The average Bonchev–Trinajstić information content (AvgIpc) is 2.60. The molecule has 8 heteroatoms. The van der Waals surface area contributed by atoms with Crippen LogP contribution in [-0.4, -0.2) is 29.7 Å². The standard InChI is InChI=1S/C18H18BrN3O4/c1-2-26-16-9-12(7-8-15(16)23)11-20-22-18(25)10-17(24)21-14-6-4-3-5-13(14)19/h3-9,11,23H,2,10H2,1H3,(H,21,24)(H,22,25). The largest absolute Gasteiger partial charge is 0.504 e. The van der Waals surface area contributed by atoms with Gasteiger partial charge in [0.05, 0.1) is 18.5 Å². The summed E-state index contributed by atoms with van der Waals surface area (Å²) in [5, 5.41) is 16.1. The minimum atomic E-state index is -0.547. The molecule has 2 aromatic rings. The molecule has 0 atom stereocenters. The minimum absolute atomic E-state index is 0.0248. The molecule has 26 heavy (non-hydrogen) atoms. The van der Waals surface area contributed by atoms with Crippen LogP contribution in [0.1, 0.15) is 18.9 Å². The molecule has 0 spiro atoms. The lowest BCUT2D eigenvalue weighted by molar-refractivity contribution is -0.126. The van der Waals surface area contributed by atoms with E-state index < -0.39 is 11.8 Å². The maximum Gasteiger partial charge on any atom is 0.249 e. The molecule has 2 amide bonds. The van der Waals surface area contributed by atoms with Crippen molar-refractivity contribution in [2.45, 2.75) is 13.3 Å². The summed E-state index contributed by atoms with van der Waals surface area (Å²) in [4.78, 5) is 23.7. The number of aromatic hydroxyl groups is 1. The van der Waals surface area contributed by atoms with E-state index in [9.17, 15) is 14.7 Å². The van der Waals surface area contributed by atoms with E-state index >= 15 is 0 Å². The normalized spacial score (nSPS) is 10.5. The number of phenols is 1. The summed E-state index contributed by atoms with van der Waals surface area (Å²) in [6, 6.07) is 11.8. The first-order valence-electron chi connectivity index (χ1n) is 7.81. The lowest BCUT2D eigenvalue weighted by Gasteiger charge is -2.07. The molecule has 0 aliphatic rings. The fraction of sp³-hybridized carbons (Fsp3) is 0.167. The second-order valence-electron chi connectivity index (χ2n) is 5.16. The van der Waals surface area contributed by atoms with E-state index in [4.69, 9.17) is 4.74 Å². The van der Waals surface area contributed by atoms with Gasteiger partial charge >= 0.3 is 0 Å². The number of carbonyl (C=O) groups excluding carboxylic acids is 2. The van der Waals surface area contributed by atoms with Gasteiger partial charge in [0.25, 0.3) is 0 Å². The summed E-state index contributed by atoms with van der Waals surface area (Å²) in [6.07, 6.45) is 1.03. The highest BCUT2D eigenvalue weighted by Crippen LogP contribution is 2.26. The molecule has 0 bridgehead atoms. The fourth-order valence-corrected chi connectivity index (χ4v) is 2.39. The summed E-state index contributed by atoms with van der Waals surface area (Å²) in [5.41, 5.74) is 3.50. The van der Waals surface area contributed by atoms with Gasteiger partial charge < -0.3 is 15.2 Å². The van der Waals surface area contributed by atoms with Gasteiger partial charge in [0.15, 0.2) is 11.5 Å². The van der Waals surface area contributed by atoms with Crippen LogP contribution in [-0.2, 0) is 9.59 Å². The van der Waals surface area contributed by atoms with Crippen LogP contribution in [0.2, 0.25) is 0 Å². The van der Waals surface area contributed by atoms with Gasteiger partial charge in [0.2, 0.25) is 11.8 Å².